The fourth-order valence-corrected chi connectivity index (χ4v) is 5.24. The Balaban J connectivity index is 1.62. The number of allylic oxidation sites excluding steroid dienone is 1. The largest absolute Gasteiger partial charge is 0.462 e. The first-order valence-electron chi connectivity index (χ1n) is 10.1. The Bertz CT molecular complexity index is 1090. The molecule has 9 heteroatoms. The summed E-state index contributed by atoms with van der Waals surface area (Å²) in [5.74, 6) is 0.955. The molecule has 0 amide bonds. The summed E-state index contributed by atoms with van der Waals surface area (Å²) in [4.78, 5) is 18.6. The molecular weight excluding hydrogens is 452 g/mol. The first-order valence-corrected chi connectivity index (χ1v) is 12.3. The van der Waals surface area contributed by atoms with Gasteiger partial charge in [-0.1, -0.05) is 61.0 Å². The molecule has 4 rings (SSSR count). The van der Waals surface area contributed by atoms with Crippen molar-refractivity contribution in [1.29, 1.82) is 0 Å². The van der Waals surface area contributed by atoms with Gasteiger partial charge in [0.1, 0.15) is 6.04 Å². The molecule has 1 unspecified atom stereocenters. The number of nitrogens with zero attached hydrogens (tertiary/aromatic N) is 3. The lowest BCUT2D eigenvalue weighted by Crippen LogP contribution is -2.29. The summed E-state index contributed by atoms with van der Waals surface area (Å²) in [6, 6.07) is 11.4. The van der Waals surface area contributed by atoms with Crippen LogP contribution in [0.5, 0.6) is 0 Å². The highest BCUT2D eigenvalue weighted by molar-refractivity contribution is 7.98. The van der Waals surface area contributed by atoms with Crippen LogP contribution in [0.3, 0.4) is 0 Å². The predicted octanol–water partition coefficient (Wildman–Crippen LogP) is 5.92. The fraction of sp³-hybridized carbons (Fsp3) is 0.318. The normalized spacial score (nSPS) is 15.5. The summed E-state index contributed by atoms with van der Waals surface area (Å²) in [6.07, 6.45) is 1.81. The third kappa shape index (κ3) is 4.81. The number of hydrogen-bond acceptors (Lipinski definition) is 7. The minimum absolute atomic E-state index is 0.316. The standard InChI is InChI=1S/C22H23ClN4O2S2/c1-3-4-11-29-20(28)18-14(2)24-21-25-22(31-13-15-8-5-6-9-16(15)23)26-27(21)19(18)17-10-7-12-30-17/h5-10,12,19H,3-4,11,13H2,1-2H3,(H,24,25,26). The van der Waals surface area contributed by atoms with Gasteiger partial charge < -0.3 is 10.1 Å². The number of rotatable bonds is 8. The average molecular weight is 475 g/mol. The van der Waals surface area contributed by atoms with Crippen molar-refractivity contribution in [3.8, 4) is 0 Å². The second kappa shape index (κ2) is 9.89. The molecule has 1 aliphatic rings. The molecule has 0 fully saturated rings. The molecule has 1 aromatic carbocycles. The van der Waals surface area contributed by atoms with Gasteiger partial charge in [0, 0.05) is 21.3 Å². The number of hydrogen-bond donors (Lipinski definition) is 1. The van der Waals surface area contributed by atoms with Crippen molar-refractivity contribution in [2.45, 2.75) is 43.6 Å². The second-order valence-electron chi connectivity index (χ2n) is 7.11. The zero-order valence-electron chi connectivity index (χ0n) is 17.3. The molecular formula is C22H23ClN4O2S2. The van der Waals surface area contributed by atoms with Crippen LogP contribution >= 0.6 is 34.7 Å². The van der Waals surface area contributed by atoms with E-state index in [9.17, 15) is 4.79 Å². The Morgan fingerprint density at radius 3 is 2.90 bits per heavy atom. The molecule has 0 aliphatic carbocycles. The van der Waals surface area contributed by atoms with Crippen molar-refractivity contribution in [2.24, 2.45) is 0 Å². The van der Waals surface area contributed by atoms with E-state index in [1.807, 2.05) is 48.7 Å². The van der Waals surface area contributed by atoms with Gasteiger partial charge in [0.25, 0.3) is 0 Å². The van der Waals surface area contributed by atoms with Gasteiger partial charge >= 0.3 is 5.97 Å². The number of unbranched alkanes of at least 4 members (excludes halogenated alkanes) is 1. The minimum Gasteiger partial charge on any atom is -0.462 e. The van der Waals surface area contributed by atoms with Crippen molar-refractivity contribution in [3.63, 3.8) is 0 Å². The molecule has 162 valence electrons. The Morgan fingerprint density at radius 2 is 2.16 bits per heavy atom. The van der Waals surface area contributed by atoms with E-state index in [-0.39, 0.29) is 12.0 Å². The minimum atomic E-state index is -0.368. The number of esters is 1. The predicted molar refractivity (Wildman–Crippen MR) is 126 cm³/mol. The first kappa shape index (κ1) is 21.9. The second-order valence-corrected chi connectivity index (χ2v) is 9.44. The maximum absolute atomic E-state index is 13.0. The maximum Gasteiger partial charge on any atom is 0.338 e. The number of carbonyl (C=O) groups is 1. The number of anilines is 1. The zero-order chi connectivity index (χ0) is 21.8. The van der Waals surface area contributed by atoms with Gasteiger partial charge in [-0.2, -0.15) is 4.98 Å². The summed E-state index contributed by atoms with van der Waals surface area (Å²) in [5.41, 5.74) is 2.33. The summed E-state index contributed by atoms with van der Waals surface area (Å²) >= 11 is 9.37. The molecule has 2 aromatic heterocycles. The van der Waals surface area contributed by atoms with Gasteiger partial charge in [-0.25, -0.2) is 9.48 Å². The monoisotopic (exact) mass is 474 g/mol. The van der Waals surface area contributed by atoms with Crippen LogP contribution in [0.1, 0.15) is 43.2 Å². The number of ether oxygens (including phenoxy) is 1. The van der Waals surface area contributed by atoms with E-state index in [1.165, 1.54) is 11.8 Å². The van der Waals surface area contributed by atoms with Gasteiger partial charge in [0.15, 0.2) is 0 Å². The Labute approximate surface area is 194 Å². The number of halogens is 1. The third-order valence-corrected chi connectivity index (χ3v) is 7.09. The van der Waals surface area contributed by atoms with Crippen molar-refractivity contribution in [1.82, 2.24) is 14.8 Å². The highest BCUT2D eigenvalue weighted by atomic mass is 35.5. The van der Waals surface area contributed by atoms with E-state index in [2.05, 4.69) is 17.2 Å². The van der Waals surface area contributed by atoms with Gasteiger partial charge in [-0.15, -0.1) is 16.4 Å². The third-order valence-electron chi connectivity index (χ3n) is 4.91. The fourth-order valence-electron chi connectivity index (χ4n) is 3.31. The van der Waals surface area contributed by atoms with Crippen LogP contribution in [-0.2, 0) is 15.3 Å². The summed E-state index contributed by atoms with van der Waals surface area (Å²) in [7, 11) is 0. The van der Waals surface area contributed by atoms with E-state index in [1.54, 1.807) is 16.0 Å². The maximum atomic E-state index is 13.0. The molecule has 31 heavy (non-hydrogen) atoms. The number of thioether (sulfide) groups is 1. The SMILES string of the molecule is CCCCOC(=O)C1=C(C)Nc2nc(SCc3ccccc3Cl)nn2C1c1cccs1. The molecule has 1 aliphatic heterocycles. The lowest BCUT2D eigenvalue weighted by atomic mass is 10.0. The quantitative estimate of drug-likeness (QED) is 0.248. The van der Waals surface area contributed by atoms with Crippen molar-refractivity contribution < 1.29 is 9.53 Å². The highest BCUT2D eigenvalue weighted by Crippen LogP contribution is 2.38. The molecule has 3 aromatic rings. The van der Waals surface area contributed by atoms with E-state index >= 15 is 0 Å². The lowest BCUT2D eigenvalue weighted by molar-refractivity contribution is -0.139. The van der Waals surface area contributed by atoms with Crippen molar-refractivity contribution >= 4 is 46.6 Å². The molecule has 6 nitrogen and oxygen atoms in total. The number of aromatic nitrogens is 3. The number of benzene rings is 1. The summed E-state index contributed by atoms with van der Waals surface area (Å²) < 4.78 is 7.33. The average Bonchev–Trinajstić information content (AvgIpc) is 3.42. The summed E-state index contributed by atoms with van der Waals surface area (Å²) in [6.45, 7) is 4.36. The lowest BCUT2D eigenvalue weighted by Gasteiger charge is -2.27. The van der Waals surface area contributed by atoms with Crippen LogP contribution in [0.25, 0.3) is 0 Å². The molecule has 0 spiro atoms. The van der Waals surface area contributed by atoms with Crippen LogP contribution < -0.4 is 5.32 Å². The van der Waals surface area contributed by atoms with Gasteiger partial charge in [0.05, 0.1) is 12.2 Å². The molecule has 0 radical (unpaired) electrons. The van der Waals surface area contributed by atoms with Crippen LogP contribution in [0.4, 0.5) is 5.95 Å². The number of carbonyl (C=O) groups excluding carboxylic acids is 1. The molecule has 0 bridgehead atoms. The Morgan fingerprint density at radius 1 is 1.32 bits per heavy atom. The molecule has 1 atom stereocenters. The van der Waals surface area contributed by atoms with Gasteiger partial charge in [-0.05, 0) is 36.4 Å². The molecule has 1 N–H and O–H groups in total. The van der Waals surface area contributed by atoms with Gasteiger partial charge in [0.2, 0.25) is 11.1 Å². The summed E-state index contributed by atoms with van der Waals surface area (Å²) in [5, 5.41) is 11.3. The van der Waals surface area contributed by atoms with Crippen LogP contribution in [0.15, 0.2) is 58.2 Å². The molecule has 0 saturated carbocycles. The van der Waals surface area contributed by atoms with Crippen LogP contribution in [-0.4, -0.2) is 27.3 Å². The Kier molecular flexibility index (Phi) is 6.99. The zero-order valence-corrected chi connectivity index (χ0v) is 19.7. The number of nitrogens with one attached hydrogen (secondary N) is 1. The van der Waals surface area contributed by atoms with E-state index < -0.39 is 0 Å². The van der Waals surface area contributed by atoms with Crippen LogP contribution in [0, 0.1) is 0 Å². The Hall–Kier alpha value is -2.29. The van der Waals surface area contributed by atoms with Crippen molar-refractivity contribution in [2.75, 3.05) is 11.9 Å². The molecule has 3 heterocycles. The van der Waals surface area contributed by atoms with Crippen LogP contribution in [0.2, 0.25) is 5.02 Å². The molecule has 0 saturated heterocycles. The highest BCUT2D eigenvalue weighted by Gasteiger charge is 2.35. The number of fused-ring (bicyclic) bond motifs is 1. The van der Waals surface area contributed by atoms with E-state index in [0.717, 1.165) is 34.0 Å². The first-order chi connectivity index (χ1) is 15.1. The van der Waals surface area contributed by atoms with Crippen molar-refractivity contribution in [3.05, 3.63) is 68.5 Å². The topological polar surface area (TPSA) is 69.0 Å². The van der Waals surface area contributed by atoms with E-state index in [0.29, 0.717) is 29.0 Å². The number of thiophene rings is 1. The van der Waals surface area contributed by atoms with E-state index in [4.69, 9.17) is 21.4 Å². The smallest absolute Gasteiger partial charge is 0.338 e. The van der Waals surface area contributed by atoms with Gasteiger partial charge in [-0.3, -0.25) is 0 Å².